The topological polar surface area (TPSA) is 60.9 Å². The predicted molar refractivity (Wildman–Crippen MR) is 99.7 cm³/mol. The number of amides is 3. The first kappa shape index (κ1) is 18.4. The minimum atomic E-state index is -1.13. The third kappa shape index (κ3) is 3.08. The van der Waals surface area contributed by atoms with Crippen molar-refractivity contribution in [1.82, 2.24) is 9.80 Å². The van der Waals surface area contributed by atoms with Crippen LogP contribution in [0.5, 0.6) is 0 Å². The van der Waals surface area contributed by atoms with E-state index in [-0.39, 0.29) is 23.8 Å². The first-order valence-electron chi connectivity index (χ1n) is 9.20. The molecule has 6 heteroatoms. The standard InChI is InChI=1S/C20H27N3O3/c1-14-13-16-7-5-6-8-17(16)23(14)19(26)20(3,4)18(25)22-11-9-21(10-12-22)15(2)24/h5-8,14H,9-13H2,1-4H3. The second-order valence-corrected chi connectivity index (χ2v) is 7.78. The van der Waals surface area contributed by atoms with Crippen LogP contribution < -0.4 is 4.90 Å². The predicted octanol–water partition coefficient (Wildman–Crippen LogP) is 1.68. The van der Waals surface area contributed by atoms with Gasteiger partial charge in [-0.3, -0.25) is 14.4 Å². The number of hydrogen-bond donors (Lipinski definition) is 0. The van der Waals surface area contributed by atoms with Crippen molar-refractivity contribution in [1.29, 1.82) is 0 Å². The number of rotatable bonds is 2. The molecule has 0 radical (unpaired) electrons. The number of carbonyl (C=O) groups excluding carboxylic acids is 3. The van der Waals surface area contributed by atoms with Gasteiger partial charge in [-0.05, 0) is 38.8 Å². The second-order valence-electron chi connectivity index (χ2n) is 7.78. The summed E-state index contributed by atoms with van der Waals surface area (Å²) in [5, 5.41) is 0. The van der Waals surface area contributed by atoms with Crippen molar-refractivity contribution < 1.29 is 14.4 Å². The van der Waals surface area contributed by atoms with E-state index in [1.807, 2.05) is 31.2 Å². The van der Waals surface area contributed by atoms with Gasteiger partial charge in [0.15, 0.2) is 0 Å². The van der Waals surface area contributed by atoms with E-state index in [1.54, 1.807) is 28.5 Å². The lowest BCUT2D eigenvalue weighted by atomic mass is 9.88. The Balaban J connectivity index is 1.76. The van der Waals surface area contributed by atoms with Crippen LogP contribution in [0.2, 0.25) is 0 Å². The van der Waals surface area contributed by atoms with E-state index in [1.165, 1.54) is 6.92 Å². The van der Waals surface area contributed by atoms with E-state index in [2.05, 4.69) is 0 Å². The van der Waals surface area contributed by atoms with Crippen LogP contribution in [-0.2, 0) is 20.8 Å². The fourth-order valence-corrected chi connectivity index (χ4v) is 3.89. The average molecular weight is 357 g/mol. The smallest absolute Gasteiger partial charge is 0.242 e. The third-order valence-electron chi connectivity index (χ3n) is 5.51. The van der Waals surface area contributed by atoms with Gasteiger partial charge < -0.3 is 14.7 Å². The SMILES string of the molecule is CC(=O)N1CCN(C(=O)C(C)(C)C(=O)N2c3ccccc3CC2C)CC1. The molecule has 1 unspecified atom stereocenters. The van der Waals surface area contributed by atoms with Crippen LogP contribution in [0.1, 0.15) is 33.3 Å². The minimum absolute atomic E-state index is 0.0231. The van der Waals surface area contributed by atoms with Gasteiger partial charge in [0.2, 0.25) is 17.7 Å². The Bertz CT molecular complexity index is 736. The zero-order chi connectivity index (χ0) is 19.1. The quantitative estimate of drug-likeness (QED) is 0.757. The van der Waals surface area contributed by atoms with Crippen molar-refractivity contribution in [2.45, 2.75) is 40.2 Å². The maximum Gasteiger partial charge on any atom is 0.242 e. The lowest BCUT2D eigenvalue weighted by Crippen LogP contribution is -2.57. The van der Waals surface area contributed by atoms with Gasteiger partial charge in [-0.1, -0.05) is 18.2 Å². The summed E-state index contributed by atoms with van der Waals surface area (Å²) in [4.78, 5) is 43.1. The van der Waals surface area contributed by atoms with Gasteiger partial charge in [-0.25, -0.2) is 0 Å². The summed E-state index contributed by atoms with van der Waals surface area (Å²) in [6.07, 6.45) is 0.809. The molecule has 3 rings (SSSR count). The Hall–Kier alpha value is -2.37. The van der Waals surface area contributed by atoms with Crippen molar-refractivity contribution in [3.05, 3.63) is 29.8 Å². The molecule has 1 saturated heterocycles. The molecule has 1 atom stereocenters. The summed E-state index contributed by atoms with van der Waals surface area (Å²) in [5.74, 6) is -0.300. The van der Waals surface area contributed by atoms with Gasteiger partial charge in [0, 0.05) is 44.8 Å². The summed E-state index contributed by atoms with van der Waals surface area (Å²) in [7, 11) is 0. The molecular weight excluding hydrogens is 330 g/mol. The van der Waals surface area contributed by atoms with Gasteiger partial charge in [0.05, 0.1) is 0 Å². The monoisotopic (exact) mass is 357 g/mol. The van der Waals surface area contributed by atoms with Crippen LogP contribution in [0.15, 0.2) is 24.3 Å². The van der Waals surface area contributed by atoms with Crippen LogP contribution in [0.25, 0.3) is 0 Å². The van der Waals surface area contributed by atoms with Crippen LogP contribution in [0, 0.1) is 5.41 Å². The molecule has 1 aromatic carbocycles. The number of fused-ring (bicyclic) bond motifs is 1. The molecule has 1 fully saturated rings. The lowest BCUT2D eigenvalue weighted by Gasteiger charge is -2.39. The van der Waals surface area contributed by atoms with E-state index in [0.717, 1.165) is 17.7 Å². The van der Waals surface area contributed by atoms with Crippen molar-refractivity contribution >= 4 is 23.4 Å². The molecule has 2 aliphatic rings. The Kier molecular flexibility index (Phi) is 4.78. The van der Waals surface area contributed by atoms with E-state index in [0.29, 0.717) is 26.2 Å². The van der Waals surface area contributed by atoms with Gasteiger partial charge >= 0.3 is 0 Å². The fraction of sp³-hybridized carbons (Fsp3) is 0.550. The van der Waals surface area contributed by atoms with E-state index < -0.39 is 5.41 Å². The van der Waals surface area contributed by atoms with Gasteiger partial charge in [-0.15, -0.1) is 0 Å². The van der Waals surface area contributed by atoms with Gasteiger partial charge in [-0.2, -0.15) is 0 Å². The molecule has 140 valence electrons. The number of benzene rings is 1. The Morgan fingerprint density at radius 3 is 2.15 bits per heavy atom. The van der Waals surface area contributed by atoms with Crippen LogP contribution >= 0.6 is 0 Å². The Labute approximate surface area is 154 Å². The molecule has 0 spiro atoms. The summed E-state index contributed by atoms with van der Waals surface area (Å²) in [5.41, 5.74) is 0.920. The van der Waals surface area contributed by atoms with E-state index >= 15 is 0 Å². The van der Waals surface area contributed by atoms with E-state index in [4.69, 9.17) is 0 Å². The second kappa shape index (κ2) is 6.74. The highest BCUT2D eigenvalue weighted by Crippen LogP contribution is 2.36. The number of anilines is 1. The highest BCUT2D eigenvalue weighted by Gasteiger charge is 2.45. The molecule has 2 heterocycles. The molecule has 1 aromatic rings. The molecule has 0 aliphatic carbocycles. The largest absolute Gasteiger partial charge is 0.339 e. The zero-order valence-electron chi connectivity index (χ0n) is 16.0. The number of para-hydroxylation sites is 1. The van der Waals surface area contributed by atoms with Crippen molar-refractivity contribution in [2.75, 3.05) is 31.1 Å². The normalized spacial score (nSPS) is 20.2. The van der Waals surface area contributed by atoms with Crippen LogP contribution in [0.4, 0.5) is 5.69 Å². The molecule has 26 heavy (non-hydrogen) atoms. The van der Waals surface area contributed by atoms with Crippen molar-refractivity contribution in [3.8, 4) is 0 Å². The molecule has 3 amide bonds. The molecule has 0 saturated carbocycles. The highest BCUT2D eigenvalue weighted by atomic mass is 16.2. The fourth-order valence-electron chi connectivity index (χ4n) is 3.89. The highest BCUT2D eigenvalue weighted by molar-refractivity contribution is 6.12. The maximum absolute atomic E-state index is 13.3. The summed E-state index contributed by atoms with van der Waals surface area (Å²) >= 11 is 0. The average Bonchev–Trinajstić information content (AvgIpc) is 2.96. The van der Waals surface area contributed by atoms with Gasteiger partial charge in [0.25, 0.3) is 0 Å². The molecule has 6 nitrogen and oxygen atoms in total. The Morgan fingerprint density at radius 1 is 0.962 bits per heavy atom. The summed E-state index contributed by atoms with van der Waals surface area (Å²) in [6, 6.07) is 7.93. The van der Waals surface area contributed by atoms with Crippen molar-refractivity contribution in [2.24, 2.45) is 5.41 Å². The van der Waals surface area contributed by atoms with Gasteiger partial charge in [0.1, 0.15) is 5.41 Å². The molecule has 2 aliphatic heterocycles. The van der Waals surface area contributed by atoms with Crippen molar-refractivity contribution in [3.63, 3.8) is 0 Å². The minimum Gasteiger partial charge on any atom is -0.339 e. The molecule has 0 N–H and O–H groups in total. The zero-order valence-corrected chi connectivity index (χ0v) is 16.0. The summed E-state index contributed by atoms with van der Waals surface area (Å²) in [6.45, 7) is 8.97. The summed E-state index contributed by atoms with van der Waals surface area (Å²) < 4.78 is 0. The van der Waals surface area contributed by atoms with Crippen LogP contribution in [0.3, 0.4) is 0 Å². The maximum atomic E-state index is 13.3. The number of nitrogens with zero attached hydrogens (tertiary/aromatic N) is 3. The first-order valence-corrected chi connectivity index (χ1v) is 9.20. The number of carbonyl (C=O) groups is 3. The lowest BCUT2D eigenvalue weighted by molar-refractivity contribution is -0.150. The molecule has 0 aromatic heterocycles. The van der Waals surface area contributed by atoms with E-state index in [9.17, 15) is 14.4 Å². The molecule has 0 bridgehead atoms. The number of hydrogen-bond acceptors (Lipinski definition) is 3. The first-order chi connectivity index (χ1) is 12.2. The Morgan fingerprint density at radius 2 is 1.54 bits per heavy atom. The molecular formula is C20H27N3O3. The third-order valence-corrected chi connectivity index (χ3v) is 5.51. The number of piperazine rings is 1. The van der Waals surface area contributed by atoms with Crippen LogP contribution in [-0.4, -0.2) is 59.7 Å².